The summed E-state index contributed by atoms with van der Waals surface area (Å²) in [6.45, 7) is 9.88. The van der Waals surface area contributed by atoms with E-state index in [0.29, 0.717) is 5.41 Å². The minimum absolute atomic E-state index is 0.309. The van der Waals surface area contributed by atoms with Gasteiger partial charge in [-0.05, 0) is 30.5 Å². The molecule has 0 aliphatic carbocycles. The first-order chi connectivity index (χ1) is 8.83. The fourth-order valence-corrected chi connectivity index (χ4v) is 2.62. The van der Waals surface area contributed by atoms with Crippen molar-refractivity contribution in [3.05, 3.63) is 10.5 Å². The molecule has 2 rings (SSSR count). The third-order valence-electron chi connectivity index (χ3n) is 3.39. The van der Waals surface area contributed by atoms with Gasteiger partial charge in [0, 0.05) is 13.6 Å². The molecule has 5 heteroatoms. The molecule has 0 aliphatic heterocycles. The summed E-state index contributed by atoms with van der Waals surface area (Å²) in [5.41, 5.74) is 3.67. The summed E-state index contributed by atoms with van der Waals surface area (Å²) in [5.74, 6) is 0. The summed E-state index contributed by atoms with van der Waals surface area (Å²) in [4.78, 5) is 3.33. The Kier molecular flexibility index (Phi) is 3.85. The Morgan fingerprint density at radius 3 is 2.58 bits per heavy atom. The van der Waals surface area contributed by atoms with Crippen molar-refractivity contribution in [3.8, 4) is 0 Å². The number of rotatable bonds is 4. The van der Waals surface area contributed by atoms with Crippen LogP contribution in [0.5, 0.6) is 0 Å². The van der Waals surface area contributed by atoms with Crippen LogP contribution in [0.3, 0.4) is 0 Å². The molecular weight excluding hydrogens is 256 g/mol. The van der Waals surface area contributed by atoms with E-state index in [0.717, 1.165) is 47.4 Å². The van der Waals surface area contributed by atoms with Crippen molar-refractivity contribution in [2.75, 3.05) is 0 Å². The number of imidazole rings is 1. The van der Waals surface area contributed by atoms with Gasteiger partial charge in [0.2, 0.25) is 0 Å². The van der Waals surface area contributed by atoms with Crippen LogP contribution in [-0.2, 0) is 20.0 Å². The summed E-state index contributed by atoms with van der Waals surface area (Å²) in [6, 6.07) is 0. The van der Waals surface area contributed by atoms with Crippen LogP contribution in [0.4, 0.5) is 0 Å². The van der Waals surface area contributed by atoms with Crippen LogP contribution in [0.15, 0.2) is 0 Å². The van der Waals surface area contributed by atoms with Gasteiger partial charge in [0.15, 0.2) is 10.4 Å². The van der Waals surface area contributed by atoms with Crippen LogP contribution in [-0.4, -0.2) is 19.3 Å². The zero-order valence-corrected chi connectivity index (χ0v) is 13.4. The monoisotopic (exact) mass is 280 g/mol. The van der Waals surface area contributed by atoms with E-state index in [1.807, 2.05) is 11.7 Å². The van der Waals surface area contributed by atoms with Gasteiger partial charge in [-0.3, -0.25) is 4.68 Å². The smallest absolute Gasteiger partial charge is 0.179 e. The quantitative estimate of drug-likeness (QED) is 0.865. The Hall–Kier alpha value is -1.10. The number of hydrogen-bond donors (Lipinski definition) is 1. The van der Waals surface area contributed by atoms with Crippen molar-refractivity contribution in [1.29, 1.82) is 0 Å². The van der Waals surface area contributed by atoms with Gasteiger partial charge >= 0.3 is 0 Å². The van der Waals surface area contributed by atoms with Crippen LogP contribution in [0.1, 0.15) is 46.2 Å². The number of fused-ring (bicyclic) bond motifs is 1. The van der Waals surface area contributed by atoms with Gasteiger partial charge in [-0.25, -0.2) is 0 Å². The lowest BCUT2D eigenvalue weighted by atomic mass is 9.92. The van der Waals surface area contributed by atoms with E-state index in [4.69, 9.17) is 12.2 Å². The lowest BCUT2D eigenvalue weighted by Gasteiger charge is -2.18. The van der Waals surface area contributed by atoms with Crippen molar-refractivity contribution in [3.63, 3.8) is 0 Å². The summed E-state index contributed by atoms with van der Waals surface area (Å²) in [7, 11) is 2.00. The summed E-state index contributed by atoms with van der Waals surface area (Å²) in [6.07, 6.45) is 3.19. The predicted octanol–water partition coefficient (Wildman–Crippen LogP) is 3.82. The number of aromatic amines is 1. The topological polar surface area (TPSA) is 38.5 Å². The molecule has 2 aromatic heterocycles. The molecule has 0 saturated heterocycles. The molecule has 0 amide bonds. The first-order valence-electron chi connectivity index (χ1n) is 6.98. The highest BCUT2D eigenvalue weighted by Crippen LogP contribution is 2.23. The average molecular weight is 280 g/mol. The standard InChI is InChI=1S/C14H24N4S/c1-6-7-10-11-12(17(5)16-10)18(13(19)15-11)9-8-14(2,3)4/h6-9H2,1-5H3,(H,15,19). The minimum atomic E-state index is 0.309. The van der Waals surface area contributed by atoms with Gasteiger partial charge < -0.3 is 9.55 Å². The van der Waals surface area contributed by atoms with Crippen molar-refractivity contribution < 1.29 is 0 Å². The second-order valence-electron chi connectivity index (χ2n) is 6.41. The molecule has 2 aromatic rings. The van der Waals surface area contributed by atoms with E-state index in [2.05, 4.69) is 42.3 Å². The molecule has 0 fully saturated rings. The van der Waals surface area contributed by atoms with Crippen LogP contribution >= 0.6 is 12.2 Å². The van der Waals surface area contributed by atoms with Crippen molar-refractivity contribution in [2.24, 2.45) is 12.5 Å². The molecule has 106 valence electrons. The minimum Gasteiger partial charge on any atom is -0.328 e. The van der Waals surface area contributed by atoms with Gasteiger partial charge in [-0.2, -0.15) is 5.10 Å². The van der Waals surface area contributed by atoms with E-state index in [-0.39, 0.29) is 0 Å². The third kappa shape index (κ3) is 2.91. The van der Waals surface area contributed by atoms with Crippen LogP contribution in [0, 0.1) is 10.2 Å². The zero-order chi connectivity index (χ0) is 14.2. The normalized spacial score (nSPS) is 12.5. The molecule has 0 spiro atoms. The van der Waals surface area contributed by atoms with Crippen molar-refractivity contribution in [1.82, 2.24) is 19.3 Å². The average Bonchev–Trinajstić information content (AvgIpc) is 2.75. The highest BCUT2D eigenvalue weighted by atomic mass is 32.1. The molecule has 0 bridgehead atoms. The molecule has 0 aromatic carbocycles. The maximum Gasteiger partial charge on any atom is 0.179 e. The number of aryl methyl sites for hydroxylation is 3. The van der Waals surface area contributed by atoms with Crippen molar-refractivity contribution in [2.45, 2.75) is 53.5 Å². The van der Waals surface area contributed by atoms with Gasteiger partial charge in [0.25, 0.3) is 0 Å². The SMILES string of the molecule is CCCc1nn(C)c2c1[nH]c(=S)n2CCC(C)(C)C. The number of nitrogens with zero attached hydrogens (tertiary/aromatic N) is 3. The Balaban J connectivity index is 2.44. The Morgan fingerprint density at radius 2 is 2.00 bits per heavy atom. The van der Waals surface area contributed by atoms with Gasteiger partial charge in [0.05, 0.1) is 5.69 Å². The first-order valence-corrected chi connectivity index (χ1v) is 7.38. The largest absolute Gasteiger partial charge is 0.328 e. The molecule has 0 radical (unpaired) electrons. The first kappa shape index (κ1) is 14.3. The van der Waals surface area contributed by atoms with E-state index < -0.39 is 0 Å². The Labute approximate surface area is 119 Å². The van der Waals surface area contributed by atoms with Crippen molar-refractivity contribution >= 4 is 23.4 Å². The molecule has 19 heavy (non-hydrogen) atoms. The Morgan fingerprint density at radius 1 is 1.32 bits per heavy atom. The van der Waals surface area contributed by atoms with Gasteiger partial charge in [0.1, 0.15) is 5.52 Å². The maximum absolute atomic E-state index is 5.46. The lowest BCUT2D eigenvalue weighted by Crippen LogP contribution is -2.11. The van der Waals surface area contributed by atoms with Gasteiger partial charge in [-0.1, -0.05) is 34.1 Å². The molecule has 0 aliphatic rings. The maximum atomic E-state index is 5.46. The van der Waals surface area contributed by atoms with Crippen LogP contribution < -0.4 is 0 Å². The number of aromatic nitrogens is 4. The molecule has 1 N–H and O–H groups in total. The third-order valence-corrected chi connectivity index (χ3v) is 3.72. The molecule has 2 heterocycles. The number of nitrogens with one attached hydrogen (secondary N) is 1. The highest BCUT2D eigenvalue weighted by Gasteiger charge is 2.17. The van der Waals surface area contributed by atoms with E-state index >= 15 is 0 Å². The lowest BCUT2D eigenvalue weighted by molar-refractivity contribution is 0.350. The Bertz CT molecular complexity index is 624. The number of H-pyrrole nitrogens is 1. The van der Waals surface area contributed by atoms with E-state index in [9.17, 15) is 0 Å². The second kappa shape index (κ2) is 5.12. The molecule has 0 saturated carbocycles. The molecule has 0 atom stereocenters. The van der Waals surface area contributed by atoms with E-state index in [1.165, 1.54) is 0 Å². The summed E-state index contributed by atoms with van der Waals surface area (Å²) >= 11 is 5.46. The second-order valence-corrected chi connectivity index (χ2v) is 6.80. The molecule has 4 nitrogen and oxygen atoms in total. The fraction of sp³-hybridized carbons (Fsp3) is 0.714. The van der Waals surface area contributed by atoms with Gasteiger partial charge in [-0.15, -0.1) is 0 Å². The predicted molar refractivity (Wildman–Crippen MR) is 82.0 cm³/mol. The molecular formula is C14H24N4S. The highest BCUT2D eigenvalue weighted by molar-refractivity contribution is 7.71. The number of hydrogen-bond acceptors (Lipinski definition) is 2. The van der Waals surface area contributed by atoms with E-state index in [1.54, 1.807) is 0 Å². The van der Waals surface area contributed by atoms with Crippen LogP contribution in [0.2, 0.25) is 0 Å². The summed E-state index contributed by atoms with van der Waals surface area (Å²) < 4.78 is 4.95. The molecule has 0 unspecified atom stereocenters. The fourth-order valence-electron chi connectivity index (χ4n) is 2.34. The summed E-state index contributed by atoms with van der Waals surface area (Å²) in [5, 5.41) is 4.60. The zero-order valence-electron chi connectivity index (χ0n) is 12.6. The van der Waals surface area contributed by atoms with Crippen LogP contribution in [0.25, 0.3) is 11.2 Å².